The number of amides is 2. The average Bonchev–Trinajstić information content (AvgIpc) is 3.62. The number of hydrogen-bond donors (Lipinski definition) is 2. The second kappa shape index (κ2) is 8.85. The van der Waals surface area contributed by atoms with Crippen LogP contribution in [0.4, 0.5) is 23.7 Å². The van der Waals surface area contributed by atoms with E-state index in [1.807, 2.05) is 0 Å². The normalized spacial score (nSPS) is 12.9. The maximum Gasteiger partial charge on any atom is 0.341 e. The molecule has 0 unspecified atom stereocenters. The van der Waals surface area contributed by atoms with Gasteiger partial charge in [-0.1, -0.05) is 0 Å². The molecule has 1 aliphatic carbocycles. The van der Waals surface area contributed by atoms with E-state index in [4.69, 9.17) is 14.2 Å². The molecule has 172 valence electrons. The number of esters is 1. The zero-order chi connectivity index (χ0) is 23.7. The average molecular weight is 461 g/mol. The van der Waals surface area contributed by atoms with Gasteiger partial charge in [0, 0.05) is 29.8 Å². The van der Waals surface area contributed by atoms with Crippen molar-refractivity contribution in [1.29, 1.82) is 0 Å². The summed E-state index contributed by atoms with van der Waals surface area (Å²) in [5.74, 6) is -6.05. The van der Waals surface area contributed by atoms with Gasteiger partial charge in [0.25, 0.3) is 0 Å². The lowest BCUT2D eigenvalue weighted by Crippen LogP contribution is -2.30. The number of nitrogens with zero attached hydrogens (tertiary/aromatic N) is 1. The quantitative estimate of drug-likeness (QED) is 0.414. The van der Waals surface area contributed by atoms with Crippen molar-refractivity contribution in [3.63, 3.8) is 0 Å². The summed E-state index contributed by atoms with van der Waals surface area (Å²) in [5, 5.41) is 4.81. The van der Waals surface area contributed by atoms with Crippen molar-refractivity contribution in [3.05, 3.63) is 53.5 Å². The van der Waals surface area contributed by atoms with E-state index < -0.39 is 40.9 Å². The molecule has 0 saturated heterocycles. The topological polar surface area (TPSA) is 98.8 Å². The number of fused-ring (bicyclic) bond motifs is 1. The number of pyridine rings is 1. The molecule has 33 heavy (non-hydrogen) atoms. The predicted octanol–water partition coefficient (Wildman–Crippen LogP) is 4.52. The number of ether oxygens (including phenoxy) is 3. The maximum atomic E-state index is 14.7. The summed E-state index contributed by atoms with van der Waals surface area (Å²) in [7, 11) is 2.53. The van der Waals surface area contributed by atoms with E-state index in [0.29, 0.717) is 6.07 Å². The fourth-order valence-electron chi connectivity index (χ4n) is 3.12. The molecule has 2 N–H and O–H groups in total. The first-order valence-corrected chi connectivity index (χ1v) is 9.80. The summed E-state index contributed by atoms with van der Waals surface area (Å²) in [4.78, 5) is 28.0. The van der Waals surface area contributed by atoms with Crippen LogP contribution in [-0.4, -0.2) is 37.2 Å². The van der Waals surface area contributed by atoms with Gasteiger partial charge >= 0.3 is 12.0 Å². The molecule has 8 nitrogen and oxygen atoms in total. The molecule has 2 aromatic carbocycles. The van der Waals surface area contributed by atoms with Crippen LogP contribution in [-0.2, 0) is 4.74 Å². The Morgan fingerprint density at radius 2 is 1.82 bits per heavy atom. The van der Waals surface area contributed by atoms with Gasteiger partial charge in [-0.3, -0.25) is 4.98 Å². The number of anilines is 1. The van der Waals surface area contributed by atoms with Crippen LogP contribution in [0.2, 0.25) is 0 Å². The molecule has 3 aromatic rings. The third-order valence-corrected chi connectivity index (χ3v) is 4.92. The Morgan fingerprint density at radius 1 is 1.06 bits per heavy atom. The highest BCUT2D eigenvalue weighted by Crippen LogP contribution is 2.37. The SMILES string of the molecule is COC(=O)c1cc2c(Oc3c(F)cc(NC(=O)NC4CC4)c(F)c3F)ccnc2cc1OC. The highest BCUT2D eigenvalue weighted by molar-refractivity contribution is 5.99. The van der Waals surface area contributed by atoms with Gasteiger partial charge in [0.1, 0.15) is 17.1 Å². The Bertz CT molecular complexity index is 1260. The lowest BCUT2D eigenvalue weighted by atomic mass is 10.1. The zero-order valence-electron chi connectivity index (χ0n) is 17.5. The summed E-state index contributed by atoms with van der Waals surface area (Å²) < 4.78 is 59.1. The molecule has 0 spiro atoms. The summed E-state index contributed by atoms with van der Waals surface area (Å²) in [6.45, 7) is 0. The van der Waals surface area contributed by atoms with Gasteiger partial charge in [0.15, 0.2) is 11.6 Å². The molecule has 1 aromatic heterocycles. The van der Waals surface area contributed by atoms with Crippen LogP contribution in [0.25, 0.3) is 10.9 Å². The summed E-state index contributed by atoms with van der Waals surface area (Å²) in [6, 6.07) is 3.86. The monoisotopic (exact) mass is 461 g/mol. The van der Waals surface area contributed by atoms with Gasteiger partial charge in [-0.05, 0) is 25.0 Å². The second-order valence-electron chi connectivity index (χ2n) is 7.21. The molecule has 0 aliphatic heterocycles. The van der Waals surface area contributed by atoms with Gasteiger partial charge in [-0.15, -0.1) is 0 Å². The second-order valence-corrected chi connectivity index (χ2v) is 7.21. The number of urea groups is 1. The van der Waals surface area contributed by atoms with Crippen molar-refractivity contribution in [2.75, 3.05) is 19.5 Å². The van der Waals surface area contributed by atoms with Gasteiger partial charge in [0.05, 0.1) is 25.4 Å². The van der Waals surface area contributed by atoms with Crippen LogP contribution in [0.1, 0.15) is 23.2 Å². The van der Waals surface area contributed by atoms with Gasteiger partial charge in [-0.2, -0.15) is 4.39 Å². The third kappa shape index (κ3) is 4.47. The molecule has 1 heterocycles. The van der Waals surface area contributed by atoms with E-state index in [2.05, 4.69) is 15.6 Å². The molecule has 1 fully saturated rings. The smallest absolute Gasteiger partial charge is 0.341 e. The highest BCUT2D eigenvalue weighted by atomic mass is 19.2. The van der Waals surface area contributed by atoms with Gasteiger partial charge in [0.2, 0.25) is 11.6 Å². The molecule has 1 saturated carbocycles. The maximum absolute atomic E-state index is 14.7. The van der Waals surface area contributed by atoms with Gasteiger partial charge < -0.3 is 24.8 Å². The summed E-state index contributed by atoms with van der Waals surface area (Å²) >= 11 is 0. The lowest BCUT2D eigenvalue weighted by Gasteiger charge is -2.14. The van der Waals surface area contributed by atoms with E-state index >= 15 is 0 Å². The molecule has 11 heteroatoms. The molecule has 0 bridgehead atoms. The van der Waals surface area contributed by atoms with E-state index in [0.717, 1.165) is 12.8 Å². The number of methoxy groups -OCH3 is 2. The summed E-state index contributed by atoms with van der Waals surface area (Å²) in [6.07, 6.45) is 2.88. The Kier molecular flexibility index (Phi) is 5.95. The molecule has 0 radical (unpaired) electrons. The predicted molar refractivity (Wildman–Crippen MR) is 111 cm³/mol. The third-order valence-electron chi connectivity index (χ3n) is 4.92. The Balaban J connectivity index is 1.71. The van der Waals surface area contributed by atoms with E-state index in [-0.39, 0.29) is 34.0 Å². The Hall–Kier alpha value is -4.02. The number of rotatable bonds is 6. The number of halogens is 3. The highest BCUT2D eigenvalue weighted by Gasteiger charge is 2.26. The first-order chi connectivity index (χ1) is 15.8. The number of benzene rings is 2. The molecule has 4 rings (SSSR count). The van der Waals surface area contributed by atoms with Crippen molar-refractivity contribution in [2.45, 2.75) is 18.9 Å². The molecule has 2 amide bonds. The number of carbonyl (C=O) groups excluding carboxylic acids is 2. The van der Waals surface area contributed by atoms with Crippen molar-refractivity contribution in [3.8, 4) is 17.2 Å². The molecular weight excluding hydrogens is 443 g/mol. The Labute approximate surface area is 185 Å². The van der Waals surface area contributed by atoms with Crippen molar-refractivity contribution in [2.24, 2.45) is 0 Å². The van der Waals surface area contributed by atoms with Crippen LogP contribution in [0, 0.1) is 17.5 Å². The first kappa shape index (κ1) is 22.2. The van der Waals surface area contributed by atoms with Crippen LogP contribution in [0.15, 0.2) is 30.5 Å². The minimum absolute atomic E-state index is 0.0266. The minimum Gasteiger partial charge on any atom is -0.496 e. The van der Waals surface area contributed by atoms with E-state index in [9.17, 15) is 22.8 Å². The van der Waals surface area contributed by atoms with Crippen molar-refractivity contribution in [1.82, 2.24) is 10.3 Å². The largest absolute Gasteiger partial charge is 0.496 e. The van der Waals surface area contributed by atoms with E-state index in [1.165, 1.54) is 38.6 Å². The van der Waals surface area contributed by atoms with E-state index in [1.54, 1.807) is 0 Å². The van der Waals surface area contributed by atoms with Crippen molar-refractivity contribution < 1.29 is 37.0 Å². The zero-order valence-corrected chi connectivity index (χ0v) is 17.5. The Morgan fingerprint density at radius 3 is 2.48 bits per heavy atom. The lowest BCUT2D eigenvalue weighted by molar-refractivity contribution is 0.0597. The first-order valence-electron chi connectivity index (χ1n) is 9.80. The molecular formula is C22H18F3N3O5. The van der Waals surface area contributed by atoms with Crippen molar-refractivity contribution >= 4 is 28.6 Å². The molecule has 0 atom stereocenters. The molecule has 1 aliphatic rings. The number of carbonyl (C=O) groups is 2. The fraction of sp³-hybridized carbons (Fsp3) is 0.227. The number of aromatic nitrogens is 1. The van der Waals surface area contributed by atoms with Gasteiger partial charge in [-0.25, -0.2) is 18.4 Å². The van der Waals surface area contributed by atoms with Crippen LogP contribution in [0.3, 0.4) is 0 Å². The fourth-order valence-corrected chi connectivity index (χ4v) is 3.12. The van der Waals surface area contributed by atoms with Crippen LogP contribution in [0.5, 0.6) is 17.2 Å². The number of hydrogen-bond acceptors (Lipinski definition) is 6. The standard InChI is InChI=1S/C22H18F3N3O5/c1-31-17-9-14-11(7-12(17)21(29)32-2)16(5-6-26-14)33-20-13(23)8-15(18(24)19(20)25)28-22(30)27-10-3-4-10/h5-10H,3-4H2,1-2H3,(H2,27,28,30). The van der Waals surface area contributed by atoms with Crippen LogP contribution < -0.4 is 20.1 Å². The summed E-state index contributed by atoms with van der Waals surface area (Å²) in [5.41, 5.74) is -0.361. The number of nitrogens with one attached hydrogen (secondary N) is 2. The minimum atomic E-state index is -1.64. The van der Waals surface area contributed by atoms with Crippen LogP contribution >= 0.6 is 0 Å².